The fourth-order valence-corrected chi connectivity index (χ4v) is 4.45. The van der Waals surface area contributed by atoms with E-state index in [0.717, 1.165) is 22.4 Å². The molecule has 1 heterocycles. The number of rotatable bonds is 6. The first-order valence-corrected chi connectivity index (χ1v) is 9.60. The zero-order valence-corrected chi connectivity index (χ0v) is 15.9. The highest BCUT2D eigenvalue weighted by atomic mass is 16.2. The van der Waals surface area contributed by atoms with Gasteiger partial charge in [-0.15, -0.1) is 0 Å². The second kappa shape index (κ2) is 7.43. The van der Waals surface area contributed by atoms with Crippen LogP contribution in [0.5, 0.6) is 0 Å². The summed E-state index contributed by atoms with van der Waals surface area (Å²) in [6.45, 7) is 1.60. The minimum absolute atomic E-state index is 0.0346. The van der Waals surface area contributed by atoms with Crippen molar-refractivity contribution in [3.63, 3.8) is 0 Å². The van der Waals surface area contributed by atoms with E-state index in [4.69, 9.17) is 0 Å². The molecule has 0 saturated carbocycles. The summed E-state index contributed by atoms with van der Waals surface area (Å²) in [5.74, 6) is -0.193. The zero-order chi connectivity index (χ0) is 19.6. The number of hydrogen-bond acceptors (Lipinski definition) is 2. The number of carbonyl (C=O) groups is 2. The maximum absolute atomic E-state index is 13.5. The number of anilines is 1. The Morgan fingerprint density at radius 1 is 0.893 bits per heavy atom. The van der Waals surface area contributed by atoms with Crippen molar-refractivity contribution in [2.75, 3.05) is 5.32 Å². The average Bonchev–Trinajstić information content (AvgIpc) is 2.99. The van der Waals surface area contributed by atoms with E-state index < -0.39 is 5.41 Å². The van der Waals surface area contributed by atoms with Gasteiger partial charge in [0.25, 0.3) is 0 Å². The smallest absolute Gasteiger partial charge is 0.236 e. The summed E-state index contributed by atoms with van der Waals surface area (Å²) in [6.07, 6.45) is 0.863. The van der Waals surface area contributed by atoms with Gasteiger partial charge in [0.15, 0.2) is 0 Å². The lowest BCUT2D eigenvalue weighted by Crippen LogP contribution is -2.43. The molecule has 1 amide bonds. The Bertz CT molecular complexity index is 997. The van der Waals surface area contributed by atoms with E-state index in [2.05, 4.69) is 5.32 Å². The van der Waals surface area contributed by atoms with Crippen LogP contribution >= 0.6 is 0 Å². The molecular formula is C25H23NO2. The Kier molecular flexibility index (Phi) is 4.82. The molecule has 28 heavy (non-hydrogen) atoms. The third kappa shape index (κ3) is 3.13. The highest BCUT2D eigenvalue weighted by Crippen LogP contribution is 2.50. The molecule has 4 rings (SSSR count). The Morgan fingerprint density at radius 3 is 2.18 bits per heavy atom. The van der Waals surface area contributed by atoms with Gasteiger partial charge in [-0.05, 0) is 36.1 Å². The van der Waals surface area contributed by atoms with Crippen molar-refractivity contribution in [1.29, 1.82) is 0 Å². The standard InChI is InChI=1S/C25H23NO2/c1-18(27)16-22(20-12-6-3-7-13-20)25(17-19-10-4-2-5-11-19)21-14-8-9-15-23(21)26-24(25)28/h2-15,22H,16-17H2,1H3,(H,26,28)/t22-,25+/m0/s1. The van der Waals surface area contributed by atoms with Gasteiger partial charge in [0.2, 0.25) is 5.91 Å². The number of nitrogens with one attached hydrogen (secondary N) is 1. The molecule has 0 aromatic heterocycles. The van der Waals surface area contributed by atoms with Gasteiger partial charge in [0, 0.05) is 18.0 Å². The van der Waals surface area contributed by atoms with E-state index in [-0.39, 0.29) is 17.6 Å². The third-order valence-electron chi connectivity index (χ3n) is 5.68. The van der Waals surface area contributed by atoms with Crippen LogP contribution in [0.25, 0.3) is 0 Å². The number of benzene rings is 3. The van der Waals surface area contributed by atoms with Gasteiger partial charge in [-0.2, -0.15) is 0 Å². The molecule has 0 bridgehead atoms. The van der Waals surface area contributed by atoms with Gasteiger partial charge >= 0.3 is 0 Å². The van der Waals surface area contributed by atoms with Crippen LogP contribution in [0.1, 0.15) is 36.0 Å². The van der Waals surface area contributed by atoms with Crippen LogP contribution in [-0.4, -0.2) is 11.7 Å². The van der Waals surface area contributed by atoms with Crippen LogP contribution in [-0.2, 0) is 21.4 Å². The minimum Gasteiger partial charge on any atom is -0.325 e. The van der Waals surface area contributed by atoms with E-state index in [1.54, 1.807) is 6.92 Å². The molecule has 1 aliphatic heterocycles. The van der Waals surface area contributed by atoms with Crippen molar-refractivity contribution >= 4 is 17.4 Å². The molecule has 0 aliphatic carbocycles. The maximum Gasteiger partial charge on any atom is 0.236 e. The monoisotopic (exact) mass is 369 g/mol. The second-order valence-corrected chi connectivity index (χ2v) is 7.50. The Labute approximate surface area is 165 Å². The molecule has 0 unspecified atom stereocenters. The molecule has 1 N–H and O–H groups in total. The van der Waals surface area contributed by atoms with E-state index in [1.807, 2.05) is 84.9 Å². The lowest BCUT2D eigenvalue weighted by Gasteiger charge is -2.36. The molecule has 1 aliphatic rings. The largest absolute Gasteiger partial charge is 0.325 e. The predicted molar refractivity (Wildman–Crippen MR) is 111 cm³/mol. The summed E-state index contributed by atoms with van der Waals surface area (Å²) >= 11 is 0. The van der Waals surface area contributed by atoms with Crippen LogP contribution in [0.15, 0.2) is 84.9 Å². The third-order valence-corrected chi connectivity index (χ3v) is 5.68. The molecule has 0 fully saturated rings. The molecule has 0 saturated heterocycles. The second-order valence-electron chi connectivity index (χ2n) is 7.50. The molecule has 0 spiro atoms. The molecule has 0 radical (unpaired) electrons. The van der Waals surface area contributed by atoms with Gasteiger partial charge in [-0.1, -0.05) is 78.9 Å². The summed E-state index contributed by atoms with van der Waals surface area (Å²) in [5, 5.41) is 3.08. The highest BCUT2D eigenvalue weighted by molar-refractivity contribution is 6.07. The summed E-state index contributed by atoms with van der Waals surface area (Å²) < 4.78 is 0. The molecule has 3 heteroatoms. The number of amides is 1. The number of carbonyl (C=O) groups excluding carboxylic acids is 2. The number of Topliss-reactive ketones (excluding diaryl/α,β-unsaturated/α-hetero) is 1. The number of hydrogen-bond donors (Lipinski definition) is 1. The van der Waals surface area contributed by atoms with Crippen molar-refractivity contribution in [1.82, 2.24) is 0 Å². The molecular weight excluding hydrogens is 346 g/mol. The lowest BCUT2D eigenvalue weighted by atomic mass is 9.63. The molecule has 3 aromatic rings. The van der Waals surface area contributed by atoms with Crippen LogP contribution < -0.4 is 5.32 Å². The van der Waals surface area contributed by atoms with Crippen molar-refractivity contribution < 1.29 is 9.59 Å². The molecule has 3 aromatic carbocycles. The normalized spacial score (nSPS) is 19.0. The van der Waals surface area contributed by atoms with Crippen molar-refractivity contribution in [2.45, 2.75) is 31.1 Å². The van der Waals surface area contributed by atoms with Crippen molar-refractivity contribution in [2.24, 2.45) is 0 Å². The van der Waals surface area contributed by atoms with E-state index >= 15 is 0 Å². The lowest BCUT2D eigenvalue weighted by molar-refractivity contribution is -0.122. The van der Waals surface area contributed by atoms with Gasteiger partial charge in [-0.25, -0.2) is 0 Å². The van der Waals surface area contributed by atoms with Gasteiger partial charge in [-0.3, -0.25) is 4.79 Å². The van der Waals surface area contributed by atoms with Gasteiger partial charge in [0.05, 0.1) is 5.41 Å². The van der Waals surface area contributed by atoms with Crippen LogP contribution in [0.2, 0.25) is 0 Å². The molecule has 140 valence electrons. The van der Waals surface area contributed by atoms with Crippen LogP contribution in [0, 0.1) is 0 Å². The minimum atomic E-state index is -0.828. The fraction of sp³-hybridized carbons (Fsp3) is 0.200. The quantitative estimate of drug-likeness (QED) is 0.673. The first kappa shape index (κ1) is 18.2. The topological polar surface area (TPSA) is 46.2 Å². The Hall–Kier alpha value is -3.20. The summed E-state index contributed by atoms with van der Waals surface area (Å²) in [4.78, 5) is 25.8. The first-order chi connectivity index (χ1) is 13.6. The average molecular weight is 369 g/mol. The van der Waals surface area contributed by atoms with Crippen LogP contribution in [0.3, 0.4) is 0 Å². The molecule has 2 atom stereocenters. The van der Waals surface area contributed by atoms with Gasteiger partial charge < -0.3 is 10.1 Å². The number of para-hydroxylation sites is 1. The highest BCUT2D eigenvalue weighted by Gasteiger charge is 2.52. The first-order valence-electron chi connectivity index (χ1n) is 9.60. The van der Waals surface area contributed by atoms with Crippen molar-refractivity contribution in [3.05, 3.63) is 102 Å². The summed E-state index contributed by atoms with van der Waals surface area (Å²) in [6, 6.07) is 27.9. The Morgan fingerprint density at radius 2 is 1.50 bits per heavy atom. The van der Waals surface area contributed by atoms with Gasteiger partial charge in [0.1, 0.15) is 5.78 Å². The maximum atomic E-state index is 13.5. The van der Waals surface area contributed by atoms with Crippen LogP contribution in [0.4, 0.5) is 5.69 Å². The number of ketones is 1. The van der Waals surface area contributed by atoms with E-state index in [9.17, 15) is 9.59 Å². The zero-order valence-electron chi connectivity index (χ0n) is 15.9. The predicted octanol–water partition coefficient (Wildman–Crippen LogP) is 4.88. The molecule has 3 nitrogen and oxygen atoms in total. The number of fused-ring (bicyclic) bond motifs is 1. The van der Waals surface area contributed by atoms with Crippen molar-refractivity contribution in [3.8, 4) is 0 Å². The summed E-state index contributed by atoms with van der Waals surface area (Å²) in [7, 11) is 0. The SMILES string of the molecule is CC(=O)C[C@@H](c1ccccc1)[C@]1(Cc2ccccc2)C(=O)Nc2ccccc21. The van der Waals surface area contributed by atoms with E-state index in [1.165, 1.54) is 0 Å². The van der Waals surface area contributed by atoms with E-state index in [0.29, 0.717) is 12.8 Å². The Balaban J connectivity index is 1.94. The summed E-state index contributed by atoms with van der Waals surface area (Å²) in [5.41, 5.74) is 3.08. The fourth-order valence-electron chi connectivity index (χ4n) is 4.45.